The third-order valence-corrected chi connectivity index (χ3v) is 3.46. The molecule has 0 saturated carbocycles. The van der Waals surface area contributed by atoms with Crippen molar-refractivity contribution in [3.8, 4) is 17.2 Å². The van der Waals surface area contributed by atoms with Crippen LogP contribution in [-0.2, 0) is 0 Å². The maximum Gasteiger partial charge on any atom is 0.266 e. The van der Waals surface area contributed by atoms with Gasteiger partial charge in [0.15, 0.2) is 0 Å². The highest BCUT2D eigenvalue weighted by molar-refractivity contribution is 5.87. The molecule has 0 atom stereocenters. The van der Waals surface area contributed by atoms with Gasteiger partial charge >= 0.3 is 0 Å². The molecule has 0 amide bonds. The van der Waals surface area contributed by atoms with E-state index in [2.05, 4.69) is 0 Å². The molecule has 4 nitrogen and oxygen atoms in total. The number of hydrogen-bond acceptors (Lipinski definition) is 3. The Bertz CT molecular complexity index is 835. The number of aromatic nitrogens is 1. The van der Waals surface area contributed by atoms with Crippen LogP contribution in [-0.4, -0.2) is 18.8 Å². The van der Waals surface area contributed by atoms with Gasteiger partial charge in [0.2, 0.25) is 0 Å². The van der Waals surface area contributed by atoms with E-state index < -0.39 is 0 Å². The van der Waals surface area contributed by atoms with E-state index in [-0.39, 0.29) is 5.56 Å². The van der Waals surface area contributed by atoms with Gasteiger partial charge in [-0.3, -0.25) is 9.36 Å². The fraction of sp³-hybridized carbons (Fsp3) is 0.118. The number of fused-ring (bicyclic) bond motifs is 1. The van der Waals surface area contributed by atoms with Crippen LogP contribution >= 0.6 is 0 Å². The Morgan fingerprint density at radius 3 is 2.33 bits per heavy atom. The number of benzene rings is 2. The van der Waals surface area contributed by atoms with Crippen molar-refractivity contribution in [2.24, 2.45) is 0 Å². The molecule has 0 aliphatic heterocycles. The van der Waals surface area contributed by atoms with Crippen molar-refractivity contribution in [1.82, 2.24) is 4.57 Å². The summed E-state index contributed by atoms with van der Waals surface area (Å²) in [5.74, 6) is 1.34. The monoisotopic (exact) mass is 281 g/mol. The topological polar surface area (TPSA) is 40.5 Å². The average Bonchev–Trinajstić information content (AvgIpc) is 2.55. The van der Waals surface area contributed by atoms with Crippen LogP contribution in [0.4, 0.5) is 0 Å². The lowest BCUT2D eigenvalue weighted by Gasteiger charge is -2.10. The lowest BCUT2D eigenvalue weighted by atomic mass is 10.1. The molecule has 0 radical (unpaired) electrons. The van der Waals surface area contributed by atoms with E-state index in [1.165, 1.54) is 0 Å². The van der Waals surface area contributed by atoms with Crippen molar-refractivity contribution in [3.05, 3.63) is 65.1 Å². The molecule has 0 aliphatic rings. The van der Waals surface area contributed by atoms with Gasteiger partial charge in [0, 0.05) is 11.9 Å². The Morgan fingerprint density at radius 1 is 0.905 bits per heavy atom. The van der Waals surface area contributed by atoms with Gasteiger partial charge < -0.3 is 9.47 Å². The summed E-state index contributed by atoms with van der Waals surface area (Å²) in [5.41, 5.74) is 0.684. The Morgan fingerprint density at radius 2 is 1.67 bits per heavy atom. The standard InChI is InChI=1S/C17H15NO3/c1-20-14-8-6-13(7-9-14)18-11-10-12-4-3-5-15(21-2)16(12)17(18)19/h3-11H,1-2H3. The molecular weight excluding hydrogens is 266 g/mol. The average molecular weight is 281 g/mol. The zero-order chi connectivity index (χ0) is 14.8. The largest absolute Gasteiger partial charge is 0.497 e. The van der Waals surface area contributed by atoms with Crippen molar-refractivity contribution in [2.45, 2.75) is 0 Å². The molecule has 2 aromatic carbocycles. The number of nitrogens with zero attached hydrogens (tertiary/aromatic N) is 1. The highest BCUT2D eigenvalue weighted by Crippen LogP contribution is 2.22. The first-order valence-electron chi connectivity index (χ1n) is 6.57. The van der Waals surface area contributed by atoms with E-state index in [1.54, 1.807) is 31.0 Å². The molecule has 3 aromatic rings. The molecule has 3 rings (SSSR count). The zero-order valence-corrected chi connectivity index (χ0v) is 11.9. The molecule has 0 unspecified atom stereocenters. The number of rotatable bonds is 3. The quantitative estimate of drug-likeness (QED) is 0.741. The summed E-state index contributed by atoms with van der Waals surface area (Å²) in [4.78, 5) is 12.7. The van der Waals surface area contributed by atoms with Gasteiger partial charge in [-0.05, 0) is 41.8 Å². The molecule has 21 heavy (non-hydrogen) atoms. The summed E-state index contributed by atoms with van der Waals surface area (Å²) in [5, 5.41) is 1.45. The number of pyridine rings is 1. The summed E-state index contributed by atoms with van der Waals surface area (Å²) in [6.45, 7) is 0. The Kier molecular flexibility index (Phi) is 3.36. The highest BCUT2D eigenvalue weighted by atomic mass is 16.5. The van der Waals surface area contributed by atoms with Crippen LogP contribution < -0.4 is 15.0 Å². The van der Waals surface area contributed by atoms with Crippen LogP contribution in [0.5, 0.6) is 11.5 Å². The van der Waals surface area contributed by atoms with Gasteiger partial charge in [0.1, 0.15) is 11.5 Å². The second-order valence-corrected chi connectivity index (χ2v) is 4.61. The van der Waals surface area contributed by atoms with E-state index in [1.807, 2.05) is 42.5 Å². The summed E-state index contributed by atoms with van der Waals surface area (Å²) < 4.78 is 12.0. The Balaban J connectivity index is 2.23. The first-order chi connectivity index (χ1) is 10.2. The van der Waals surface area contributed by atoms with E-state index >= 15 is 0 Å². The smallest absolute Gasteiger partial charge is 0.266 e. The lowest BCUT2D eigenvalue weighted by Crippen LogP contribution is -2.18. The molecule has 0 spiro atoms. The molecular formula is C17H15NO3. The maximum absolute atomic E-state index is 12.7. The van der Waals surface area contributed by atoms with Gasteiger partial charge in [-0.15, -0.1) is 0 Å². The van der Waals surface area contributed by atoms with Gasteiger partial charge in [-0.1, -0.05) is 12.1 Å². The molecule has 0 N–H and O–H groups in total. The summed E-state index contributed by atoms with van der Waals surface area (Å²) in [7, 11) is 3.18. The molecule has 0 saturated heterocycles. The molecule has 1 heterocycles. The van der Waals surface area contributed by atoms with Crippen molar-refractivity contribution in [2.75, 3.05) is 14.2 Å². The summed E-state index contributed by atoms with van der Waals surface area (Å²) >= 11 is 0. The van der Waals surface area contributed by atoms with Gasteiger partial charge in [0.05, 0.1) is 19.6 Å². The van der Waals surface area contributed by atoms with Gasteiger partial charge in [0.25, 0.3) is 5.56 Å². The predicted molar refractivity (Wildman–Crippen MR) is 82.6 cm³/mol. The fourth-order valence-electron chi connectivity index (χ4n) is 2.38. The Labute approximate surface area is 122 Å². The molecule has 0 aliphatic carbocycles. The van der Waals surface area contributed by atoms with Crippen molar-refractivity contribution in [1.29, 1.82) is 0 Å². The first kappa shape index (κ1) is 13.2. The van der Waals surface area contributed by atoms with E-state index in [0.29, 0.717) is 11.1 Å². The Hall–Kier alpha value is -2.75. The van der Waals surface area contributed by atoms with Crippen LogP contribution in [0, 0.1) is 0 Å². The van der Waals surface area contributed by atoms with Gasteiger partial charge in [-0.2, -0.15) is 0 Å². The van der Waals surface area contributed by atoms with E-state index in [9.17, 15) is 4.79 Å². The zero-order valence-electron chi connectivity index (χ0n) is 11.9. The van der Waals surface area contributed by atoms with Crippen molar-refractivity contribution >= 4 is 10.8 Å². The number of methoxy groups -OCH3 is 2. The third-order valence-electron chi connectivity index (χ3n) is 3.46. The van der Waals surface area contributed by atoms with Crippen LogP contribution in [0.2, 0.25) is 0 Å². The predicted octanol–water partition coefficient (Wildman–Crippen LogP) is 3.01. The highest BCUT2D eigenvalue weighted by Gasteiger charge is 2.09. The van der Waals surface area contributed by atoms with Crippen LogP contribution in [0.1, 0.15) is 0 Å². The van der Waals surface area contributed by atoms with Gasteiger partial charge in [-0.25, -0.2) is 0 Å². The van der Waals surface area contributed by atoms with Crippen molar-refractivity contribution < 1.29 is 9.47 Å². The SMILES string of the molecule is COc1ccc(-n2ccc3cccc(OC)c3c2=O)cc1. The normalized spacial score (nSPS) is 10.6. The van der Waals surface area contributed by atoms with E-state index in [4.69, 9.17) is 9.47 Å². The fourth-order valence-corrected chi connectivity index (χ4v) is 2.38. The maximum atomic E-state index is 12.7. The number of hydrogen-bond donors (Lipinski definition) is 0. The minimum atomic E-state index is -0.102. The second-order valence-electron chi connectivity index (χ2n) is 4.61. The first-order valence-corrected chi connectivity index (χ1v) is 6.57. The minimum Gasteiger partial charge on any atom is -0.497 e. The second kappa shape index (κ2) is 5.32. The van der Waals surface area contributed by atoms with Crippen LogP contribution in [0.3, 0.4) is 0 Å². The van der Waals surface area contributed by atoms with E-state index in [0.717, 1.165) is 16.8 Å². The minimum absolute atomic E-state index is 0.102. The molecule has 4 heteroatoms. The molecule has 0 fully saturated rings. The molecule has 1 aromatic heterocycles. The van der Waals surface area contributed by atoms with Crippen LogP contribution in [0.25, 0.3) is 16.5 Å². The molecule has 106 valence electrons. The van der Waals surface area contributed by atoms with Crippen LogP contribution in [0.15, 0.2) is 59.5 Å². The molecule has 0 bridgehead atoms. The summed E-state index contributed by atoms with van der Waals surface area (Å²) in [6, 6.07) is 14.8. The number of ether oxygens (including phenoxy) is 2. The summed E-state index contributed by atoms with van der Waals surface area (Å²) in [6.07, 6.45) is 1.77. The van der Waals surface area contributed by atoms with Crippen molar-refractivity contribution in [3.63, 3.8) is 0 Å². The lowest BCUT2D eigenvalue weighted by molar-refractivity contribution is 0.414. The third kappa shape index (κ3) is 2.25.